The highest BCUT2D eigenvalue weighted by molar-refractivity contribution is 7.89. The highest BCUT2D eigenvalue weighted by Gasteiger charge is 2.21. The molecule has 1 amide bonds. The molecule has 0 bridgehead atoms. The number of amides is 1. The number of carboxylic acid groups (broad SMARTS) is 1. The van der Waals surface area contributed by atoms with Crippen LogP contribution >= 0.6 is 0 Å². The monoisotopic (exact) mass is 524 g/mol. The molecule has 0 aliphatic carbocycles. The van der Waals surface area contributed by atoms with Crippen LogP contribution in [0.2, 0.25) is 0 Å². The molecule has 1 atom stereocenters. The van der Waals surface area contributed by atoms with E-state index < -0.39 is 39.9 Å². The van der Waals surface area contributed by atoms with Crippen molar-refractivity contribution in [2.24, 2.45) is 5.14 Å². The Morgan fingerprint density at radius 2 is 1.62 bits per heavy atom. The van der Waals surface area contributed by atoms with Crippen LogP contribution in [0.25, 0.3) is 16.8 Å². The van der Waals surface area contributed by atoms with Crippen molar-refractivity contribution in [3.63, 3.8) is 0 Å². The van der Waals surface area contributed by atoms with E-state index in [0.29, 0.717) is 5.56 Å². The van der Waals surface area contributed by atoms with Crippen LogP contribution in [-0.2, 0) is 14.8 Å². The second-order valence-electron chi connectivity index (χ2n) is 8.14. The number of carboxylic acids is 1. The lowest BCUT2D eigenvalue weighted by atomic mass is 9.99. The number of sulfonamides is 1. The maximum Gasteiger partial charge on any atom is 0.305 e. The van der Waals surface area contributed by atoms with Crippen LogP contribution in [0.5, 0.6) is 0 Å². The minimum Gasteiger partial charge on any atom is -0.481 e. The Bertz CT molecular complexity index is 1630. The van der Waals surface area contributed by atoms with Crippen molar-refractivity contribution in [2.75, 3.05) is 0 Å². The first-order valence-electron chi connectivity index (χ1n) is 10.8. The van der Waals surface area contributed by atoms with Crippen molar-refractivity contribution in [3.8, 4) is 16.8 Å². The number of aliphatic carboxylic acids is 1. The van der Waals surface area contributed by atoms with Crippen molar-refractivity contribution in [2.45, 2.75) is 17.4 Å². The molecular weight excluding hydrogens is 503 g/mol. The summed E-state index contributed by atoms with van der Waals surface area (Å²) in [6.45, 7) is 0. The molecule has 190 valence electrons. The van der Waals surface area contributed by atoms with Gasteiger partial charge in [-0.15, -0.1) is 0 Å². The van der Waals surface area contributed by atoms with Crippen molar-refractivity contribution in [1.82, 2.24) is 15.1 Å². The number of halogens is 1. The number of H-pyrrole nitrogens is 1. The van der Waals surface area contributed by atoms with Gasteiger partial charge in [0.25, 0.3) is 11.5 Å². The molecule has 3 aromatic carbocycles. The van der Waals surface area contributed by atoms with E-state index in [4.69, 9.17) is 5.14 Å². The van der Waals surface area contributed by atoms with Gasteiger partial charge in [0.1, 0.15) is 11.5 Å². The summed E-state index contributed by atoms with van der Waals surface area (Å²) in [6.07, 6.45) is -0.428. The van der Waals surface area contributed by atoms with Crippen molar-refractivity contribution >= 4 is 21.9 Å². The number of rotatable bonds is 8. The summed E-state index contributed by atoms with van der Waals surface area (Å²) in [6, 6.07) is 18.0. The molecule has 0 radical (unpaired) electrons. The summed E-state index contributed by atoms with van der Waals surface area (Å²) in [5.41, 5.74) is 1.36. The number of hydrogen-bond donors (Lipinski definition) is 4. The Morgan fingerprint density at radius 1 is 1.00 bits per heavy atom. The van der Waals surface area contributed by atoms with Gasteiger partial charge in [0, 0.05) is 6.07 Å². The molecule has 0 fully saturated rings. The fraction of sp³-hybridized carbons (Fsp3) is 0.0800. The first-order valence-corrected chi connectivity index (χ1v) is 12.4. The first-order chi connectivity index (χ1) is 17.5. The topological polar surface area (TPSA) is 164 Å². The molecule has 1 aromatic heterocycles. The molecule has 4 rings (SSSR count). The van der Waals surface area contributed by atoms with Gasteiger partial charge in [-0.3, -0.25) is 19.5 Å². The van der Waals surface area contributed by atoms with E-state index in [1.807, 2.05) is 0 Å². The van der Waals surface area contributed by atoms with Gasteiger partial charge < -0.3 is 10.4 Å². The molecule has 0 saturated carbocycles. The van der Waals surface area contributed by atoms with Gasteiger partial charge in [0.15, 0.2) is 0 Å². The number of nitrogens with zero attached hydrogens (tertiary/aromatic N) is 1. The Hall–Kier alpha value is -4.55. The molecule has 12 heteroatoms. The Labute approximate surface area is 210 Å². The fourth-order valence-corrected chi connectivity index (χ4v) is 4.27. The Balaban J connectivity index is 1.58. The lowest BCUT2D eigenvalue weighted by molar-refractivity contribution is -0.137. The number of carbonyl (C=O) groups is 2. The van der Waals surface area contributed by atoms with Gasteiger partial charge in [-0.1, -0.05) is 42.5 Å². The summed E-state index contributed by atoms with van der Waals surface area (Å²) in [5.74, 6) is -2.26. The molecule has 1 heterocycles. The van der Waals surface area contributed by atoms with Gasteiger partial charge in [-0.25, -0.2) is 22.6 Å². The number of benzene rings is 3. The number of aromatic amines is 1. The van der Waals surface area contributed by atoms with Crippen LogP contribution in [0, 0.1) is 5.82 Å². The molecule has 4 aromatic rings. The highest BCUT2D eigenvalue weighted by Crippen LogP contribution is 2.24. The van der Waals surface area contributed by atoms with E-state index >= 15 is 0 Å². The third kappa shape index (κ3) is 6.00. The average molecular weight is 525 g/mol. The van der Waals surface area contributed by atoms with Gasteiger partial charge in [0.2, 0.25) is 10.0 Å². The van der Waals surface area contributed by atoms with Crippen LogP contribution in [0.1, 0.15) is 28.5 Å². The van der Waals surface area contributed by atoms with E-state index in [0.717, 1.165) is 21.9 Å². The molecule has 5 N–H and O–H groups in total. The first kappa shape index (κ1) is 25.5. The smallest absolute Gasteiger partial charge is 0.305 e. The second kappa shape index (κ2) is 10.2. The molecule has 10 nitrogen and oxygen atoms in total. The average Bonchev–Trinajstić information content (AvgIpc) is 3.25. The van der Waals surface area contributed by atoms with Crippen LogP contribution in [-0.4, -0.2) is 35.2 Å². The summed E-state index contributed by atoms with van der Waals surface area (Å²) in [5, 5.41) is 19.7. The lowest BCUT2D eigenvalue weighted by Crippen LogP contribution is -2.30. The minimum atomic E-state index is -4.02. The molecular formula is C25H21FN4O6S. The fourth-order valence-electron chi connectivity index (χ4n) is 3.72. The standard InChI is InChI=1S/C25H21FN4O6S/c26-18-10-8-16(9-11-18)15-4-6-17(7-5-15)21(14-24(32)33)28-25(34)22-13-23(31)30(29-22)19-2-1-3-20(12-19)37(27,35)36/h1-13,21,29H,14H2,(H,28,34)(H,32,33)(H2,27,35,36). The Kier molecular flexibility index (Phi) is 7.05. The van der Waals surface area contributed by atoms with Gasteiger partial charge in [0.05, 0.1) is 23.0 Å². The van der Waals surface area contributed by atoms with E-state index in [9.17, 15) is 32.3 Å². The van der Waals surface area contributed by atoms with Crippen LogP contribution in [0.4, 0.5) is 4.39 Å². The second-order valence-corrected chi connectivity index (χ2v) is 9.70. The molecule has 0 aliphatic heterocycles. The summed E-state index contributed by atoms with van der Waals surface area (Å²) in [7, 11) is -4.02. The van der Waals surface area contributed by atoms with Crippen molar-refractivity contribution in [3.05, 3.63) is 106 Å². The summed E-state index contributed by atoms with van der Waals surface area (Å²) >= 11 is 0. The van der Waals surface area contributed by atoms with Crippen molar-refractivity contribution < 1.29 is 27.5 Å². The third-order valence-electron chi connectivity index (χ3n) is 5.54. The predicted molar refractivity (Wildman–Crippen MR) is 132 cm³/mol. The van der Waals surface area contributed by atoms with Gasteiger partial charge >= 0.3 is 5.97 Å². The number of carbonyl (C=O) groups excluding carboxylic acids is 1. The van der Waals surface area contributed by atoms with E-state index in [2.05, 4.69) is 10.4 Å². The zero-order chi connectivity index (χ0) is 26.7. The summed E-state index contributed by atoms with van der Waals surface area (Å²) in [4.78, 5) is 36.7. The van der Waals surface area contributed by atoms with Gasteiger partial charge in [-0.2, -0.15) is 0 Å². The SMILES string of the molecule is NS(=O)(=O)c1cccc(-n2[nH]c(C(=O)NC(CC(=O)O)c3ccc(-c4ccc(F)cc4)cc3)cc2=O)c1. The minimum absolute atomic E-state index is 0.133. The highest BCUT2D eigenvalue weighted by atomic mass is 32.2. The van der Waals surface area contributed by atoms with E-state index in [-0.39, 0.29) is 22.1 Å². The van der Waals surface area contributed by atoms with Gasteiger partial charge in [-0.05, 0) is 47.0 Å². The van der Waals surface area contributed by atoms with E-state index in [1.165, 1.54) is 36.4 Å². The lowest BCUT2D eigenvalue weighted by Gasteiger charge is -2.17. The largest absolute Gasteiger partial charge is 0.481 e. The van der Waals surface area contributed by atoms with E-state index in [1.54, 1.807) is 36.4 Å². The number of nitrogens with one attached hydrogen (secondary N) is 2. The number of primary sulfonamides is 1. The number of nitrogens with two attached hydrogens (primary N) is 1. The number of hydrogen-bond acceptors (Lipinski definition) is 5. The molecule has 0 aliphatic rings. The Morgan fingerprint density at radius 3 is 2.22 bits per heavy atom. The number of aromatic nitrogens is 2. The third-order valence-corrected chi connectivity index (χ3v) is 6.46. The molecule has 37 heavy (non-hydrogen) atoms. The molecule has 0 saturated heterocycles. The zero-order valence-electron chi connectivity index (χ0n) is 19.1. The predicted octanol–water partition coefficient (Wildman–Crippen LogP) is 2.56. The zero-order valence-corrected chi connectivity index (χ0v) is 19.9. The quantitative estimate of drug-likeness (QED) is 0.277. The molecule has 1 unspecified atom stereocenters. The van der Waals surface area contributed by atoms with Crippen LogP contribution in [0.15, 0.2) is 88.6 Å². The van der Waals surface area contributed by atoms with Crippen LogP contribution < -0.4 is 16.0 Å². The maximum atomic E-state index is 13.2. The maximum absolute atomic E-state index is 13.2. The summed E-state index contributed by atoms with van der Waals surface area (Å²) < 4.78 is 37.4. The van der Waals surface area contributed by atoms with Crippen molar-refractivity contribution in [1.29, 1.82) is 0 Å². The normalized spacial score (nSPS) is 12.2. The van der Waals surface area contributed by atoms with Crippen LogP contribution in [0.3, 0.4) is 0 Å². The molecule has 0 spiro atoms.